The summed E-state index contributed by atoms with van der Waals surface area (Å²) < 4.78 is 0. The van der Waals surface area contributed by atoms with Crippen LogP contribution in [0.15, 0.2) is 54.4 Å². The van der Waals surface area contributed by atoms with Crippen LogP contribution in [0.2, 0.25) is 0 Å². The van der Waals surface area contributed by atoms with Crippen molar-refractivity contribution >= 4 is 33.9 Å². The van der Waals surface area contributed by atoms with E-state index in [2.05, 4.69) is 21.9 Å². The summed E-state index contributed by atoms with van der Waals surface area (Å²) in [4.78, 5) is 33.0. The van der Waals surface area contributed by atoms with E-state index in [1.165, 1.54) is 0 Å². The topological polar surface area (TPSA) is 92.2 Å². The number of hydrogen-bond acceptors (Lipinski definition) is 5. The van der Waals surface area contributed by atoms with Gasteiger partial charge < -0.3 is 10.4 Å². The van der Waals surface area contributed by atoms with E-state index in [0.717, 1.165) is 40.5 Å². The van der Waals surface area contributed by atoms with Crippen molar-refractivity contribution in [3.05, 3.63) is 60.1 Å². The van der Waals surface area contributed by atoms with Gasteiger partial charge in [-0.05, 0) is 62.5 Å². The van der Waals surface area contributed by atoms with E-state index in [1.807, 2.05) is 32.1 Å². The van der Waals surface area contributed by atoms with Crippen LogP contribution in [-0.4, -0.2) is 33.4 Å². The standard InChI is InChI=1S/C24H27N3O3/c1-4-20(15(2)10-16(3)22(29)6-5-9-28)21-11-18-14-26-23(12-19(18)13-25-21)27-24(30)17-7-8-17/h4,10-14,17,28H,3,5-9H2,1-2H3,(H,26,27,30)/b15-10-,20-4+. The number of aliphatic hydroxyl groups is 1. The summed E-state index contributed by atoms with van der Waals surface area (Å²) in [5.41, 5.74) is 2.97. The molecule has 3 rings (SSSR count). The summed E-state index contributed by atoms with van der Waals surface area (Å²) in [5.74, 6) is 0.613. The van der Waals surface area contributed by atoms with Gasteiger partial charge in [-0.3, -0.25) is 14.6 Å². The van der Waals surface area contributed by atoms with Crippen molar-refractivity contribution in [1.29, 1.82) is 0 Å². The van der Waals surface area contributed by atoms with Gasteiger partial charge in [0.2, 0.25) is 5.91 Å². The molecule has 2 aromatic heterocycles. The molecule has 2 N–H and O–H groups in total. The van der Waals surface area contributed by atoms with Crippen molar-refractivity contribution in [1.82, 2.24) is 9.97 Å². The molecule has 6 nitrogen and oxygen atoms in total. The molecule has 1 aliphatic carbocycles. The Morgan fingerprint density at radius 2 is 1.93 bits per heavy atom. The second-order valence-electron chi connectivity index (χ2n) is 7.56. The second kappa shape index (κ2) is 9.59. The third-order valence-electron chi connectivity index (χ3n) is 5.10. The number of rotatable bonds is 9. The SMILES string of the molecule is C=C(/C=C(C)\C(=C/C)c1cc2cnc(NC(=O)C3CC3)cc2cn1)C(=O)CCCO. The number of pyridine rings is 2. The lowest BCUT2D eigenvalue weighted by atomic mass is 9.98. The van der Waals surface area contributed by atoms with E-state index in [9.17, 15) is 9.59 Å². The van der Waals surface area contributed by atoms with Gasteiger partial charge in [0.25, 0.3) is 0 Å². The van der Waals surface area contributed by atoms with Crippen molar-refractivity contribution in [2.45, 2.75) is 39.5 Å². The first-order valence-corrected chi connectivity index (χ1v) is 10.2. The zero-order chi connectivity index (χ0) is 21.7. The Labute approximate surface area is 176 Å². The number of carbonyl (C=O) groups excluding carboxylic acids is 2. The molecule has 2 aromatic rings. The van der Waals surface area contributed by atoms with E-state index in [4.69, 9.17) is 5.11 Å². The smallest absolute Gasteiger partial charge is 0.228 e. The highest BCUT2D eigenvalue weighted by Gasteiger charge is 2.29. The molecule has 1 aliphatic rings. The number of aliphatic hydroxyl groups excluding tert-OH is 1. The molecule has 0 saturated heterocycles. The fraction of sp³-hybridized carbons (Fsp3) is 0.333. The molecule has 30 heavy (non-hydrogen) atoms. The third-order valence-corrected chi connectivity index (χ3v) is 5.10. The fourth-order valence-corrected chi connectivity index (χ4v) is 3.22. The third kappa shape index (κ3) is 5.27. The minimum Gasteiger partial charge on any atom is -0.396 e. The Bertz CT molecular complexity index is 1050. The Morgan fingerprint density at radius 3 is 2.60 bits per heavy atom. The fourth-order valence-electron chi connectivity index (χ4n) is 3.22. The normalized spacial score (nSPS) is 14.6. The average Bonchev–Trinajstić information content (AvgIpc) is 3.58. The molecule has 0 radical (unpaired) electrons. The van der Waals surface area contributed by atoms with Crippen molar-refractivity contribution in [3.8, 4) is 0 Å². The van der Waals surface area contributed by atoms with Gasteiger partial charge >= 0.3 is 0 Å². The molecule has 2 heterocycles. The average molecular weight is 405 g/mol. The molecule has 6 heteroatoms. The second-order valence-corrected chi connectivity index (χ2v) is 7.56. The number of carbonyl (C=O) groups is 2. The zero-order valence-electron chi connectivity index (χ0n) is 17.4. The molecule has 0 aliphatic heterocycles. The Hall–Kier alpha value is -3.12. The van der Waals surface area contributed by atoms with Crippen LogP contribution in [0.25, 0.3) is 16.3 Å². The number of allylic oxidation sites excluding steroid dienone is 5. The highest BCUT2D eigenvalue weighted by atomic mass is 16.3. The van der Waals surface area contributed by atoms with Crippen LogP contribution in [0.5, 0.6) is 0 Å². The van der Waals surface area contributed by atoms with Crippen molar-refractivity contribution in [3.63, 3.8) is 0 Å². The molecule has 1 amide bonds. The predicted octanol–water partition coefficient (Wildman–Crippen LogP) is 4.23. The van der Waals surface area contributed by atoms with Crippen molar-refractivity contribution in [2.24, 2.45) is 5.92 Å². The Morgan fingerprint density at radius 1 is 1.23 bits per heavy atom. The Balaban J connectivity index is 1.79. The van der Waals surface area contributed by atoms with Gasteiger partial charge in [-0.25, -0.2) is 4.98 Å². The number of Topliss-reactive ketones (excluding diaryl/α,β-unsaturated/α-hetero) is 1. The maximum absolute atomic E-state index is 12.1. The molecule has 0 unspecified atom stereocenters. The van der Waals surface area contributed by atoms with Crippen LogP contribution < -0.4 is 5.32 Å². The number of hydrogen-bond donors (Lipinski definition) is 2. The lowest BCUT2D eigenvalue weighted by Gasteiger charge is -2.10. The van der Waals surface area contributed by atoms with Crippen LogP contribution in [0.1, 0.15) is 45.2 Å². The van der Waals surface area contributed by atoms with Crippen molar-refractivity contribution < 1.29 is 14.7 Å². The van der Waals surface area contributed by atoms with Gasteiger partial charge in [0, 0.05) is 47.7 Å². The minimum atomic E-state index is -0.0738. The summed E-state index contributed by atoms with van der Waals surface area (Å²) in [6.45, 7) is 7.68. The highest BCUT2D eigenvalue weighted by molar-refractivity contribution is 5.99. The molecule has 1 saturated carbocycles. The number of aromatic nitrogens is 2. The van der Waals surface area contributed by atoms with E-state index in [0.29, 0.717) is 17.8 Å². The molecule has 1 fully saturated rings. The highest BCUT2D eigenvalue weighted by Crippen LogP contribution is 2.30. The first-order valence-electron chi connectivity index (χ1n) is 10.2. The van der Waals surface area contributed by atoms with Gasteiger partial charge in [0.15, 0.2) is 5.78 Å². The van der Waals surface area contributed by atoms with Crippen molar-refractivity contribution in [2.75, 3.05) is 11.9 Å². The lowest BCUT2D eigenvalue weighted by Crippen LogP contribution is -2.14. The van der Waals surface area contributed by atoms with E-state index in [1.54, 1.807) is 18.5 Å². The number of anilines is 1. The molecule has 0 aromatic carbocycles. The molecular weight excluding hydrogens is 378 g/mol. The summed E-state index contributed by atoms with van der Waals surface area (Å²) in [6, 6.07) is 3.77. The lowest BCUT2D eigenvalue weighted by molar-refractivity contribution is -0.117. The molecular formula is C24H27N3O3. The van der Waals surface area contributed by atoms with Gasteiger partial charge in [0.05, 0.1) is 5.69 Å². The number of nitrogens with one attached hydrogen (secondary N) is 1. The molecule has 0 bridgehead atoms. The number of ketones is 1. The van der Waals surface area contributed by atoms with Gasteiger partial charge in [-0.15, -0.1) is 0 Å². The summed E-state index contributed by atoms with van der Waals surface area (Å²) >= 11 is 0. The minimum absolute atomic E-state index is 0.0111. The van der Waals surface area contributed by atoms with Crippen LogP contribution in [0.4, 0.5) is 5.82 Å². The molecule has 156 valence electrons. The summed E-state index contributed by atoms with van der Waals surface area (Å²) in [5, 5.41) is 13.5. The Kier molecular flexibility index (Phi) is 6.90. The quantitative estimate of drug-likeness (QED) is 0.481. The van der Waals surface area contributed by atoms with Crippen LogP contribution in [0.3, 0.4) is 0 Å². The first-order chi connectivity index (χ1) is 14.4. The maximum Gasteiger partial charge on any atom is 0.228 e. The van der Waals surface area contributed by atoms with Gasteiger partial charge in [0.1, 0.15) is 5.82 Å². The predicted molar refractivity (Wildman–Crippen MR) is 119 cm³/mol. The molecule has 0 atom stereocenters. The van der Waals surface area contributed by atoms with Gasteiger partial charge in [-0.1, -0.05) is 12.7 Å². The van der Waals surface area contributed by atoms with E-state index >= 15 is 0 Å². The first kappa shape index (κ1) is 21.6. The summed E-state index contributed by atoms with van der Waals surface area (Å²) in [6.07, 6.45) is 9.81. The van der Waals surface area contributed by atoms with Crippen LogP contribution in [-0.2, 0) is 9.59 Å². The van der Waals surface area contributed by atoms with E-state index in [-0.39, 0.29) is 30.6 Å². The number of fused-ring (bicyclic) bond motifs is 1. The van der Waals surface area contributed by atoms with Gasteiger partial charge in [-0.2, -0.15) is 0 Å². The van der Waals surface area contributed by atoms with Crippen LogP contribution >= 0.6 is 0 Å². The zero-order valence-corrected chi connectivity index (χ0v) is 17.4. The number of nitrogens with zero attached hydrogens (tertiary/aromatic N) is 2. The number of amides is 1. The maximum atomic E-state index is 12.1. The monoisotopic (exact) mass is 405 g/mol. The largest absolute Gasteiger partial charge is 0.396 e. The van der Waals surface area contributed by atoms with Crippen LogP contribution in [0, 0.1) is 5.92 Å². The summed E-state index contributed by atoms with van der Waals surface area (Å²) in [7, 11) is 0. The molecule has 0 spiro atoms. The van der Waals surface area contributed by atoms with E-state index < -0.39 is 0 Å².